The highest BCUT2D eigenvalue weighted by atomic mass is 19.1. The highest BCUT2D eigenvalue weighted by Gasteiger charge is 2.17. The molecule has 2 rings (SSSR count). The molecule has 1 aromatic rings. The van der Waals surface area contributed by atoms with Gasteiger partial charge in [-0.1, -0.05) is 0 Å². The number of hydrogen-bond acceptors (Lipinski definition) is 4. The fourth-order valence-corrected chi connectivity index (χ4v) is 2.36. The third-order valence-corrected chi connectivity index (χ3v) is 3.54. The average Bonchev–Trinajstić information content (AvgIpc) is 2.93. The van der Waals surface area contributed by atoms with Crippen molar-refractivity contribution in [2.45, 2.75) is 25.4 Å². The highest BCUT2D eigenvalue weighted by Crippen LogP contribution is 2.16. The van der Waals surface area contributed by atoms with Gasteiger partial charge >= 0.3 is 0 Å². The SMILES string of the molecule is CN(CCC(=O)Nc1ccc(F)c(N)c1)CC1CCCO1. The molecule has 0 aliphatic carbocycles. The summed E-state index contributed by atoms with van der Waals surface area (Å²) >= 11 is 0. The number of carbonyl (C=O) groups excluding carboxylic acids is 1. The van der Waals surface area contributed by atoms with Crippen LogP contribution in [0.4, 0.5) is 15.8 Å². The third kappa shape index (κ3) is 4.99. The molecule has 21 heavy (non-hydrogen) atoms. The van der Waals surface area contributed by atoms with Crippen LogP contribution in [0.15, 0.2) is 18.2 Å². The number of likely N-dealkylation sites (N-methyl/N-ethyl adjacent to an activating group) is 1. The van der Waals surface area contributed by atoms with Gasteiger partial charge in [-0.2, -0.15) is 0 Å². The van der Waals surface area contributed by atoms with Gasteiger partial charge in [0.1, 0.15) is 5.82 Å². The number of rotatable bonds is 6. The number of ether oxygens (including phenoxy) is 1. The van der Waals surface area contributed by atoms with E-state index in [1.165, 1.54) is 18.2 Å². The lowest BCUT2D eigenvalue weighted by Crippen LogP contribution is -2.31. The molecule has 0 radical (unpaired) electrons. The number of anilines is 2. The Kier molecular flexibility index (Phi) is 5.52. The van der Waals surface area contributed by atoms with Gasteiger partial charge in [0.15, 0.2) is 0 Å². The summed E-state index contributed by atoms with van der Waals surface area (Å²) in [7, 11) is 1.98. The van der Waals surface area contributed by atoms with E-state index in [9.17, 15) is 9.18 Å². The predicted octanol–water partition coefficient (Wildman–Crippen LogP) is 1.85. The Hall–Kier alpha value is -1.66. The number of nitrogens with one attached hydrogen (secondary N) is 1. The van der Waals surface area contributed by atoms with Crippen LogP contribution in [0.5, 0.6) is 0 Å². The molecule has 3 N–H and O–H groups in total. The lowest BCUT2D eigenvalue weighted by molar-refractivity contribution is -0.116. The first-order chi connectivity index (χ1) is 10.0. The van der Waals surface area contributed by atoms with E-state index in [4.69, 9.17) is 10.5 Å². The first kappa shape index (κ1) is 15.7. The maximum Gasteiger partial charge on any atom is 0.225 e. The van der Waals surface area contributed by atoms with Gasteiger partial charge in [-0.25, -0.2) is 4.39 Å². The minimum absolute atomic E-state index is 0.0308. The van der Waals surface area contributed by atoms with Gasteiger partial charge in [0.2, 0.25) is 5.91 Å². The van der Waals surface area contributed by atoms with Crippen LogP contribution in [-0.2, 0) is 9.53 Å². The Morgan fingerprint density at radius 2 is 2.38 bits per heavy atom. The molecule has 1 saturated heterocycles. The van der Waals surface area contributed by atoms with E-state index in [1.54, 1.807) is 0 Å². The van der Waals surface area contributed by atoms with Crippen molar-refractivity contribution in [3.8, 4) is 0 Å². The number of halogens is 1. The second-order valence-electron chi connectivity index (χ2n) is 5.43. The molecule has 5 nitrogen and oxygen atoms in total. The number of amides is 1. The van der Waals surface area contributed by atoms with Crippen LogP contribution in [0.25, 0.3) is 0 Å². The molecule has 116 valence electrons. The van der Waals surface area contributed by atoms with E-state index in [2.05, 4.69) is 10.2 Å². The Balaban J connectivity index is 1.72. The van der Waals surface area contributed by atoms with E-state index in [0.717, 1.165) is 26.0 Å². The van der Waals surface area contributed by atoms with Crippen LogP contribution in [0.3, 0.4) is 0 Å². The van der Waals surface area contributed by atoms with Crippen molar-refractivity contribution in [1.29, 1.82) is 0 Å². The number of carbonyl (C=O) groups is 1. The van der Waals surface area contributed by atoms with Crippen LogP contribution < -0.4 is 11.1 Å². The molecule has 0 aromatic heterocycles. The number of benzene rings is 1. The molecule has 1 aliphatic rings. The molecule has 1 aromatic carbocycles. The summed E-state index contributed by atoms with van der Waals surface area (Å²) in [6.45, 7) is 2.34. The molecule has 1 fully saturated rings. The van der Waals surface area contributed by atoms with Crippen molar-refractivity contribution in [3.63, 3.8) is 0 Å². The number of nitrogens with zero attached hydrogens (tertiary/aromatic N) is 1. The Morgan fingerprint density at radius 1 is 1.57 bits per heavy atom. The lowest BCUT2D eigenvalue weighted by Gasteiger charge is -2.20. The lowest BCUT2D eigenvalue weighted by atomic mass is 10.2. The summed E-state index contributed by atoms with van der Waals surface area (Å²) in [5, 5.41) is 2.72. The van der Waals surface area contributed by atoms with Gasteiger partial charge in [-0.3, -0.25) is 4.79 Å². The molecule has 1 atom stereocenters. The van der Waals surface area contributed by atoms with Crippen molar-refractivity contribution in [2.75, 3.05) is 37.8 Å². The summed E-state index contributed by atoms with van der Waals surface area (Å²) < 4.78 is 18.6. The summed E-state index contributed by atoms with van der Waals surface area (Å²) in [6.07, 6.45) is 2.87. The first-order valence-corrected chi connectivity index (χ1v) is 7.19. The first-order valence-electron chi connectivity index (χ1n) is 7.19. The standard InChI is InChI=1S/C15H22FN3O2/c1-19(10-12-3-2-8-21-12)7-6-15(20)18-11-4-5-13(16)14(17)9-11/h4-5,9,12H,2-3,6-8,10,17H2,1H3,(H,18,20). The van der Waals surface area contributed by atoms with Gasteiger partial charge in [0, 0.05) is 31.8 Å². The average molecular weight is 295 g/mol. The Labute approximate surface area is 124 Å². The van der Waals surface area contributed by atoms with Crippen LogP contribution in [0.1, 0.15) is 19.3 Å². The summed E-state index contributed by atoms with van der Waals surface area (Å²) in [5.74, 6) is -0.593. The molecule has 0 spiro atoms. The second-order valence-corrected chi connectivity index (χ2v) is 5.43. The monoisotopic (exact) mass is 295 g/mol. The second kappa shape index (κ2) is 7.38. The number of hydrogen-bond donors (Lipinski definition) is 2. The minimum atomic E-state index is -0.482. The van der Waals surface area contributed by atoms with Crippen LogP contribution in [-0.4, -0.2) is 43.7 Å². The van der Waals surface area contributed by atoms with Crippen molar-refractivity contribution < 1.29 is 13.9 Å². The quantitative estimate of drug-likeness (QED) is 0.786. The van der Waals surface area contributed by atoms with E-state index < -0.39 is 5.82 Å². The maximum absolute atomic E-state index is 13.0. The third-order valence-electron chi connectivity index (χ3n) is 3.54. The molecule has 1 unspecified atom stereocenters. The highest BCUT2D eigenvalue weighted by molar-refractivity contribution is 5.91. The predicted molar refractivity (Wildman–Crippen MR) is 80.5 cm³/mol. The molecular weight excluding hydrogens is 273 g/mol. The zero-order valence-electron chi connectivity index (χ0n) is 12.3. The van der Waals surface area contributed by atoms with Crippen molar-refractivity contribution in [1.82, 2.24) is 4.90 Å². The van der Waals surface area contributed by atoms with Gasteiger partial charge < -0.3 is 20.7 Å². The molecule has 0 bridgehead atoms. The molecule has 1 heterocycles. The smallest absolute Gasteiger partial charge is 0.225 e. The van der Waals surface area contributed by atoms with Crippen LogP contribution >= 0.6 is 0 Å². The zero-order chi connectivity index (χ0) is 15.2. The van der Waals surface area contributed by atoms with Gasteiger partial charge in [-0.05, 0) is 38.1 Å². The van der Waals surface area contributed by atoms with E-state index in [-0.39, 0.29) is 17.7 Å². The summed E-state index contributed by atoms with van der Waals surface area (Å²) in [6, 6.07) is 4.16. The number of nitrogens with two attached hydrogens (primary N) is 1. The zero-order valence-corrected chi connectivity index (χ0v) is 12.3. The Bertz CT molecular complexity index is 490. The summed E-state index contributed by atoms with van der Waals surface area (Å²) in [5.41, 5.74) is 6.01. The molecule has 1 amide bonds. The van der Waals surface area contributed by atoms with Crippen molar-refractivity contribution in [3.05, 3.63) is 24.0 Å². The van der Waals surface area contributed by atoms with Gasteiger partial charge in [0.05, 0.1) is 11.8 Å². The molecule has 0 saturated carbocycles. The fourth-order valence-electron chi connectivity index (χ4n) is 2.36. The van der Waals surface area contributed by atoms with Gasteiger partial charge in [0.25, 0.3) is 0 Å². The van der Waals surface area contributed by atoms with Crippen LogP contribution in [0.2, 0.25) is 0 Å². The fraction of sp³-hybridized carbons (Fsp3) is 0.533. The molecule has 6 heteroatoms. The normalized spacial score (nSPS) is 18.1. The molecular formula is C15H22FN3O2. The largest absolute Gasteiger partial charge is 0.396 e. The minimum Gasteiger partial charge on any atom is -0.396 e. The summed E-state index contributed by atoms with van der Waals surface area (Å²) in [4.78, 5) is 13.9. The maximum atomic E-state index is 13.0. The Morgan fingerprint density at radius 3 is 3.05 bits per heavy atom. The van der Waals surface area contributed by atoms with Crippen LogP contribution in [0, 0.1) is 5.82 Å². The van der Waals surface area contributed by atoms with E-state index in [0.29, 0.717) is 18.7 Å². The molecule has 1 aliphatic heterocycles. The van der Waals surface area contributed by atoms with Crippen molar-refractivity contribution >= 4 is 17.3 Å². The van der Waals surface area contributed by atoms with Crippen molar-refractivity contribution in [2.24, 2.45) is 0 Å². The topological polar surface area (TPSA) is 67.6 Å². The van der Waals surface area contributed by atoms with E-state index in [1.807, 2.05) is 7.05 Å². The van der Waals surface area contributed by atoms with E-state index >= 15 is 0 Å². The van der Waals surface area contributed by atoms with Gasteiger partial charge in [-0.15, -0.1) is 0 Å². The number of nitrogen functional groups attached to an aromatic ring is 1.